The Kier molecular flexibility index (Phi) is 4.32. The minimum absolute atomic E-state index is 0.229. The third kappa shape index (κ3) is 3.36. The predicted octanol–water partition coefficient (Wildman–Crippen LogP) is 3.30. The number of anilines is 1. The van der Waals surface area contributed by atoms with Crippen molar-refractivity contribution in [1.82, 2.24) is 14.3 Å². The van der Waals surface area contributed by atoms with Crippen molar-refractivity contribution in [3.8, 4) is 0 Å². The zero-order chi connectivity index (χ0) is 16.4. The molecule has 0 bridgehead atoms. The largest absolute Gasteiger partial charge is 0.321 e. The van der Waals surface area contributed by atoms with E-state index in [-0.39, 0.29) is 5.91 Å². The fraction of sp³-hybridized carbons (Fsp3) is 0.176. The quantitative estimate of drug-likeness (QED) is 0.799. The minimum Gasteiger partial charge on any atom is -0.321 e. The number of rotatable bonds is 4. The Morgan fingerprint density at radius 1 is 1.22 bits per heavy atom. The van der Waals surface area contributed by atoms with Crippen LogP contribution in [0.2, 0.25) is 5.02 Å². The molecule has 1 amide bonds. The lowest BCUT2D eigenvalue weighted by Crippen LogP contribution is -2.19. The molecule has 23 heavy (non-hydrogen) atoms. The first-order chi connectivity index (χ1) is 11.0. The summed E-state index contributed by atoms with van der Waals surface area (Å²) in [6, 6.07) is 12.7. The fourth-order valence-electron chi connectivity index (χ4n) is 2.40. The number of amides is 1. The van der Waals surface area contributed by atoms with Gasteiger partial charge in [-0.3, -0.25) is 4.79 Å². The standard InChI is InChI=1S/C17H17ClN4O/c1-21(2)11-14-16(20-15-5-3-4-10-22(14)15)17(23)19-13-8-6-12(18)7-9-13/h3-10H,11H2,1-2H3,(H,19,23). The molecule has 1 aromatic carbocycles. The Labute approximate surface area is 139 Å². The topological polar surface area (TPSA) is 49.6 Å². The van der Waals surface area contributed by atoms with Crippen LogP contribution in [-0.2, 0) is 6.54 Å². The number of nitrogens with one attached hydrogen (secondary N) is 1. The molecule has 2 heterocycles. The van der Waals surface area contributed by atoms with E-state index in [1.807, 2.05) is 47.8 Å². The Balaban J connectivity index is 1.97. The van der Waals surface area contributed by atoms with Crippen molar-refractivity contribution in [1.29, 1.82) is 0 Å². The SMILES string of the molecule is CN(C)Cc1c(C(=O)Nc2ccc(Cl)cc2)nc2ccccn12. The number of imidazole rings is 1. The molecule has 0 aliphatic heterocycles. The summed E-state index contributed by atoms with van der Waals surface area (Å²) >= 11 is 5.87. The van der Waals surface area contributed by atoms with Gasteiger partial charge in [-0.1, -0.05) is 17.7 Å². The van der Waals surface area contributed by atoms with Gasteiger partial charge in [-0.15, -0.1) is 0 Å². The van der Waals surface area contributed by atoms with Gasteiger partial charge in [0.1, 0.15) is 5.65 Å². The van der Waals surface area contributed by atoms with E-state index in [0.717, 1.165) is 11.3 Å². The number of pyridine rings is 1. The van der Waals surface area contributed by atoms with Gasteiger partial charge < -0.3 is 14.6 Å². The van der Waals surface area contributed by atoms with Gasteiger partial charge in [0.05, 0.1) is 5.69 Å². The van der Waals surface area contributed by atoms with Crippen molar-refractivity contribution in [3.05, 3.63) is 65.1 Å². The van der Waals surface area contributed by atoms with Crippen molar-refractivity contribution in [2.24, 2.45) is 0 Å². The maximum atomic E-state index is 12.6. The number of hydrogen-bond acceptors (Lipinski definition) is 3. The first-order valence-corrected chi connectivity index (χ1v) is 7.60. The average molecular weight is 329 g/mol. The summed E-state index contributed by atoms with van der Waals surface area (Å²) in [6.45, 7) is 0.620. The van der Waals surface area contributed by atoms with Crippen molar-refractivity contribution >= 4 is 28.8 Å². The monoisotopic (exact) mass is 328 g/mol. The maximum absolute atomic E-state index is 12.6. The fourth-order valence-corrected chi connectivity index (χ4v) is 2.53. The number of nitrogens with zero attached hydrogens (tertiary/aromatic N) is 3. The zero-order valence-electron chi connectivity index (χ0n) is 13.0. The molecule has 0 unspecified atom stereocenters. The molecular weight excluding hydrogens is 312 g/mol. The van der Waals surface area contributed by atoms with Gasteiger partial charge in [-0.25, -0.2) is 4.98 Å². The van der Waals surface area contributed by atoms with E-state index < -0.39 is 0 Å². The van der Waals surface area contributed by atoms with Crippen LogP contribution in [0.15, 0.2) is 48.7 Å². The summed E-state index contributed by atoms with van der Waals surface area (Å²) in [4.78, 5) is 19.1. The van der Waals surface area contributed by atoms with Crippen LogP contribution in [0.25, 0.3) is 5.65 Å². The van der Waals surface area contributed by atoms with E-state index in [9.17, 15) is 4.79 Å². The second kappa shape index (κ2) is 6.40. The van der Waals surface area contributed by atoms with E-state index in [1.165, 1.54) is 0 Å². The highest BCUT2D eigenvalue weighted by Gasteiger charge is 2.19. The van der Waals surface area contributed by atoms with E-state index in [0.29, 0.717) is 22.9 Å². The number of carbonyl (C=O) groups excluding carboxylic acids is 1. The van der Waals surface area contributed by atoms with E-state index >= 15 is 0 Å². The Morgan fingerprint density at radius 2 is 1.96 bits per heavy atom. The zero-order valence-corrected chi connectivity index (χ0v) is 13.7. The summed E-state index contributed by atoms with van der Waals surface area (Å²) in [6.07, 6.45) is 1.92. The molecular formula is C17H17ClN4O. The summed E-state index contributed by atoms with van der Waals surface area (Å²) in [5.41, 5.74) is 2.73. The lowest BCUT2D eigenvalue weighted by atomic mass is 10.2. The highest BCUT2D eigenvalue weighted by molar-refractivity contribution is 6.30. The lowest BCUT2D eigenvalue weighted by Gasteiger charge is -2.11. The van der Waals surface area contributed by atoms with Gasteiger partial charge in [0, 0.05) is 23.5 Å². The van der Waals surface area contributed by atoms with Crippen molar-refractivity contribution in [2.45, 2.75) is 6.54 Å². The summed E-state index contributed by atoms with van der Waals surface area (Å²) < 4.78 is 1.94. The smallest absolute Gasteiger partial charge is 0.276 e. The number of aromatic nitrogens is 2. The summed E-state index contributed by atoms with van der Waals surface area (Å²) in [5.74, 6) is -0.229. The maximum Gasteiger partial charge on any atom is 0.276 e. The highest BCUT2D eigenvalue weighted by atomic mass is 35.5. The molecule has 0 aliphatic carbocycles. The number of benzene rings is 1. The first kappa shape index (κ1) is 15.5. The van der Waals surface area contributed by atoms with Crippen LogP contribution in [0.3, 0.4) is 0 Å². The van der Waals surface area contributed by atoms with Crippen LogP contribution in [-0.4, -0.2) is 34.3 Å². The van der Waals surface area contributed by atoms with Gasteiger partial charge in [0.15, 0.2) is 5.69 Å². The van der Waals surface area contributed by atoms with Crippen LogP contribution in [0, 0.1) is 0 Å². The van der Waals surface area contributed by atoms with Gasteiger partial charge in [-0.2, -0.15) is 0 Å². The normalized spacial score (nSPS) is 11.1. The third-order valence-corrected chi connectivity index (χ3v) is 3.66. The Morgan fingerprint density at radius 3 is 2.65 bits per heavy atom. The number of carbonyl (C=O) groups is 1. The number of halogens is 1. The molecule has 2 aromatic heterocycles. The number of fused-ring (bicyclic) bond motifs is 1. The molecule has 0 saturated heterocycles. The molecule has 5 nitrogen and oxygen atoms in total. The van der Waals surface area contributed by atoms with E-state index in [2.05, 4.69) is 10.3 Å². The van der Waals surface area contributed by atoms with Crippen molar-refractivity contribution in [3.63, 3.8) is 0 Å². The van der Waals surface area contributed by atoms with Crippen LogP contribution in [0.1, 0.15) is 16.2 Å². The number of hydrogen-bond donors (Lipinski definition) is 1. The molecule has 3 rings (SSSR count). The molecule has 0 spiro atoms. The predicted molar refractivity (Wildman–Crippen MR) is 92.0 cm³/mol. The van der Waals surface area contributed by atoms with Gasteiger partial charge in [0.2, 0.25) is 0 Å². The molecule has 3 aromatic rings. The highest BCUT2D eigenvalue weighted by Crippen LogP contribution is 2.18. The molecule has 0 atom stereocenters. The van der Waals surface area contributed by atoms with E-state index in [4.69, 9.17) is 11.6 Å². The molecule has 118 valence electrons. The summed E-state index contributed by atoms with van der Waals surface area (Å²) in [5, 5.41) is 3.50. The van der Waals surface area contributed by atoms with E-state index in [1.54, 1.807) is 24.3 Å². The third-order valence-electron chi connectivity index (χ3n) is 3.41. The van der Waals surface area contributed by atoms with Crippen LogP contribution >= 0.6 is 11.6 Å². The van der Waals surface area contributed by atoms with Gasteiger partial charge in [-0.05, 0) is 50.5 Å². The molecule has 0 aliphatic rings. The molecule has 6 heteroatoms. The lowest BCUT2D eigenvalue weighted by molar-refractivity contribution is 0.102. The van der Waals surface area contributed by atoms with Gasteiger partial charge in [0.25, 0.3) is 5.91 Å². The summed E-state index contributed by atoms with van der Waals surface area (Å²) in [7, 11) is 3.92. The molecule has 1 N–H and O–H groups in total. The molecule has 0 saturated carbocycles. The first-order valence-electron chi connectivity index (χ1n) is 7.22. The minimum atomic E-state index is -0.229. The Bertz CT molecular complexity index is 839. The van der Waals surface area contributed by atoms with Crippen LogP contribution in [0.4, 0.5) is 5.69 Å². The average Bonchev–Trinajstić information content (AvgIpc) is 2.88. The molecule has 0 radical (unpaired) electrons. The van der Waals surface area contributed by atoms with Crippen LogP contribution < -0.4 is 5.32 Å². The second-order valence-corrected chi connectivity index (χ2v) is 5.97. The van der Waals surface area contributed by atoms with Crippen molar-refractivity contribution in [2.75, 3.05) is 19.4 Å². The Hall–Kier alpha value is -2.37. The van der Waals surface area contributed by atoms with Crippen molar-refractivity contribution < 1.29 is 4.79 Å². The van der Waals surface area contributed by atoms with Crippen LogP contribution in [0.5, 0.6) is 0 Å². The second-order valence-electron chi connectivity index (χ2n) is 5.53. The van der Waals surface area contributed by atoms with Gasteiger partial charge >= 0.3 is 0 Å². The molecule has 0 fully saturated rings.